The molecule has 0 spiro atoms. The number of halogens is 3. The normalized spacial score (nSPS) is 22.1. The average molecular weight is 477 g/mol. The number of benzene rings is 1. The highest BCUT2D eigenvalue weighted by Gasteiger charge is 2.62. The van der Waals surface area contributed by atoms with Crippen LogP contribution in [0.3, 0.4) is 0 Å². The number of hydrogen-bond donors (Lipinski definition) is 1. The van der Waals surface area contributed by atoms with Crippen LogP contribution in [0.1, 0.15) is 18.4 Å². The molecule has 2 aliphatic rings. The van der Waals surface area contributed by atoms with Crippen molar-refractivity contribution in [1.82, 2.24) is 25.1 Å². The van der Waals surface area contributed by atoms with E-state index in [4.69, 9.17) is 0 Å². The number of alkyl halides is 3. The smallest absolute Gasteiger partial charge is 0.355 e. The maximum Gasteiger partial charge on any atom is 0.404 e. The van der Waals surface area contributed by atoms with Crippen LogP contribution in [-0.4, -0.2) is 84.2 Å². The molecule has 2 aromatic rings. The van der Waals surface area contributed by atoms with Gasteiger partial charge in [0.2, 0.25) is 11.9 Å². The number of piperazine rings is 1. The second-order valence-electron chi connectivity index (χ2n) is 9.01. The van der Waals surface area contributed by atoms with Gasteiger partial charge in [-0.15, -0.1) is 0 Å². The van der Waals surface area contributed by atoms with Crippen LogP contribution in [0, 0.1) is 5.41 Å². The molecular formula is C24H31F3N6O. The first-order valence-corrected chi connectivity index (χ1v) is 11.7. The van der Waals surface area contributed by atoms with E-state index >= 15 is 0 Å². The van der Waals surface area contributed by atoms with Crippen LogP contribution in [0.5, 0.6) is 0 Å². The van der Waals surface area contributed by atoms with Crippen LogP contribution >= 0.6 is 0 Å². The third kappa shape index (κ3) is 5.67. The predicted molar refractivity (Wildman–Crippen MR) is 123 cm³/mol. The number of amides is 1. The lowest BCUT2D eigenvalue weighted by atomic mass is 9.85. The zero-order valence-corrected chi connectivity index (χ0v) is 19.2. The molecule has 0 saturated carbocycles. The minimum Gasteiger partial charge on any atom is -0.355 e. The number of hydrogen-bond acceptors (Lipinski definition) is 6. The molecule has 4 rings (SSSR count). The Balaban J connectivity index is 1.23. The van der Waals surface area contributed by atoms with Crippen molar-refractivity contribution in [2.24, 2.45) is 5.41 Å². The summed E-state index contributed by atoms with van der Waals surface area (Å²) in [4.78, 5) is 27.4. The molecule has 2 fully saturated rings. The number of nitrogens with one attached hydrogen (secondary N) is 1. The number of likely N-dealkylation sites (tertiary alicyclic amines) is 1. The van der Waals surface area contributed by atoms with Crippen molar-refractivity contribution in [3.05, 3.63) is 54.4 Å². The molecule has 1 amide bonds. The maximum absolute atomic E-state index is 14.0. The molecule has 0 aliphatic carbocycles. The fourth-order valence-corrected chi connectivity index (χ4v) is 4.71. The topological polar surface area (TPSA) is 64.6 Å². The molecule has 34 heavy (non-hydrogen) atoms. The number of rotatable bonds is 8. The first-order valence-electron chi connectivity index (χ1n) is 11.7. The van der Waals surface area contributed by atoms with Gasteiger partial charge in [-0.2, -0.15) is 13.2 Å². The lowest BCUT2D eigenvalue weighted by molar-refractivity contribution is -0.218. The first kappa shape index (κ1) is 24.4. The van der Waals surface area contributed by atoms with E-state index in [1.807, 2.05) is 30.3 Å². The third-order valence-electron chi connectivity index (χ3n) is 6.72. The fourth-order valence-electron chi connectivity index (χ4n) is 4.71. The van der Waals surface area contributed by atoms with E-state index in [0.29, 0.717) is 18.9 Å². The van der Waals surface area contributed by atoms with Gasteiger partial charge < -0.3 is 10.2 Å². The van der Waals surface area contributed by atoms with Gasteiger partial charge in [0.05, 0.1) is 0 Å². The predicted octanol–water partition coefficient (Wildman–Crippen LogP) is 2.56. The second kappa shape index (κ2) is 10.7. The largest absolute Gasteiger partial charge is 0.404 e. The highest BCUT2D eigenvalue weighted by Crippen LogP contribution is 2.46. The van der Waals surface area contributed by atoms with Gasteiger partial charge in [-0.3, -0.25) is 14.6 Å². The number of carbonyl (C=O) groups excluding carboxylic acids is 1. The van der Waals surface area contributed by atoms with E-state index in [1.165, 1.54) is 0 Å². The molecule has 10 heteroatoms. The highest BCUT2D eigenvalue weighted by atomic mass is 19.4. The van der Waals surface area contributed by atoms with Crippen molar-refractivity contribution >= 4 is 11.9 Å². The van der Waals surface area contributed by atoms with Crippen molar-refractivity contribution in [2.75, 3.05) is 57.3 Å². The molecule has 3 heterocycles. The minimum absolute atomic E-state index is 0.210. The van der Waals surface area contributed by atoms with Crippen molar-refractivity contribution in [2.45, 2.75) is 25.6 Å². The molecule has 1 unspecified atom stereocenters. The molecule has 1 N–H and O–H groups in total. The SMILES string of the molecule is O=C(NCCCN1CCN(c2ncccn2)CC1)C1(C(F)(F)F)CCN(Cc2ccccc2)C1. The number of aromatic nitrogens is 2. The van der Waals surface area contributed by atoms with Gasteiger partial charge >= 0.3 is 6.18 Å². The molecule has 2 aliphatic heterocycles. The van der Waals surface area contributed by atoms with Crippen molar-refractivity contribution in [1.29, 1.82) is 0 Å². The van der Waals surface area contributed by atoms with Gasteiger partial charge in [-0.1, -0.05) is 30.3 Å². The summed E-state index contributed by atoms with van der Waals surface area (Å²) in [6, 6.07) is 11.2. The highest BCUT2D eigenvalue weighted by molar-refractivity contribution is 5.84. The first-order chi connectivity index (χ1) is 16.4. The van der Waals surface area contributed by atoms with Crippen molar-refractivity contribution in [3.8, 4) is 0 Å². The Bertz CT molecular complexity index is 921. The van der Waals surface area contributed by atoms with E-state index in [1.54, 1.807) is 23.4 Å². The van der Waals surface area contributed by atoms with Crippen molar-refractivity contribution < 1.29 is 18.0 Å². The molecule has 1 aromatic carbocycles. The molecule has 0 bridgehead atoms. The van der Waals surface area contributed by atoms with Crippen LogP contribution < -0.4 is 10.2 Å². The molecule has 1 aromatic heterocycles. The van der Waals surface area contributed by atoms with Gasteiger partial charge in [-0.05, 0) is 37.6 Å². The fraction of sp³-hybridized carbons (Fsp3) is 0.542. The summed E-state index contributed by atoms with van der Waals surface area (Å²) in [6.07, 6.45) is -0.751. The summed E-state index contributed by atoms with van der Waals surface area (Å²) in [7, 11) is 0. The summed E-state index contributed by atoms with van der Waals surface area (Å²) < 4.78 is 42.1. The lowest BCUT2D eigenvalue weighted by Crippen LogP contribution is -2.53. The van der Waals surface area contributed by atoms with Gasteiger partial charge in [0, 0.05) is 58.2 Å². The van der Waals surface area contributed by atoms with Gasteiger partial charge in [0.1, 0.15) is 0 Å². The Hall–Kier alpha value is -2.72. The number of anilines is 1. The van der Waals surface area contributed by atoms with E-state index in [9.17, 15) is 18.0 Å². The summed E-state index contributed by atoms with van der Waals surface area (Å²) in [5.41, 5.74) is -1.40. The van der Waals surface area contributed by atoms with E-state index in [-0.39, 0.29) is 26.1 Å². The molecule has 184 valence electrons. The van der Waals surface area contributed by atoms with E-state index < -0.39 is 17.5 Å². The number of nitrogens with zero attached hydrogens (tertiary/aromatic N) is 5. The Morgan fingerprint density at radius 1 is 0.971 bits per heavy atom. The Morgan fingerprint density at radius 2 is 1.68 bits per heavy atom. The number of carbonyl (C=O) groups is 1. The third-order valence-corrected chi connectivity index (χ3v) is 6.72. The minimum atomic E-state index is -4.58. The Labute approximate surface area is 198 Å². The summed E-state index contributed by atoms with van der Waals surface area (Å²) in [5.74, 6) is -0.189. The summed E-state index contributed by atoms with van der Waals surface area (Å²) in [6.45, 7) is 4.56. The average Bonchev–Trinajstić information content (AvgIpc) is 3.29. The zero-order valence-electron chi connectivity index (χ0n) is 19.2. The summed E-state index contributed by atoms with van der Waals surface area (Å²) in [5, 5.41) is 2.59. The van der Waals surface area contributed by atoms with Crippen LogP contribution in [0.4, 0.5) is 19.1 Å². The van der Waals surface area contributed by atoms with Crippen LogP contribution in [0.2, 0.25) is 0 Å². The molecule has 2 saturated heterocycles. The molecule has 7 nitrogen and oxygen atoms in total. The second-order valence-corrected chi connectivity index (χ2v) is 9.01. The van der Waals surface area contributed by atoms with E-state index in [2.05, 4.69) is 25.1 Å². The quantitative estimate of drug-likeness (QED) is 0.591. The van der Waals surface area contributed by atoms with Crippen LogP contribution in [0.25, 0.3) is 0 Å². The monoisotopic (exact) mass is 476 g/mol. The van der Waals surface area contributed by atoms with Gasteiger partial charge in [-0.25, -0.2) is 9.97 Å². The zero-order chi connectivity index (χ0) is 24.0. The molecule has 0 radical (unpaired) electrons. The van der Waals surface area contributed by atoms with E-state index in [0.717, 1.165) is 38.3 Å². The van der Waals surface area contributed by atoms with Crippen molar-refractivity contribution in [3.63, 3.8) is 0 Å². The molecule has 1 atom stereocenters. The van der Waals surface area contributed by atoms with Gasteiger partial charge in [0.25, 0.3) is 0 Å². The Kier molecular flexibility index (Phi) is 7.67. The van der Waals surface area contributed by atoms with Gasteiger partial charge in [0.15, 0.2) is 5.41 Å². The standard InChI is InChI=1S/C24H31F3N6O/c25-24(26,27)23(8-13-32(19-23)18-20-6-2-1-3-7-20)21(34)28-11-5-12-31-14-16-33(17-15-31)22-29-9-4-10-30-22/h1-4,6-7,9-10H,5,8,11-19H2,(H,28,34). The van der Waals surface area contributed by atoms with Crippen LogP contribution in [0.15, 0.2) is 48.8 Å². The molecular weight excluding hydrogens is 445 g/mol. The Morgan fingerprint density at radius 3 is 2.35 bits per heavy atom. The van der Waals surface area contributed by atoms with Crippen LogP contribution in [-0.2, 0) is 11.3 Å². The summed E-state index contributed by atoms with van der Waals surface area (Å²) >= 11 is 0. The maximum atomic E-state index is 14.0. The lowest BCUT2D eigenvalue weighted by Gasteiger charge is -2.34.